The fourth-order valence-corrected chi connectivity index (χ4v) is 1.96. The molecule has 1 aromatic rings. The summed E-state index contributed by atoms with van der Waals surface area (Å²) in [7, 11) is 0. The topological polar surface area (TPSA) is 53.0 Å². The Labute approximate surface area is 105 Å². The third-order valence-electron chi connectivity index (χ3n) is 2.43. The van der Waals surface area contributed by atoms with E-state index in [1.807, 2.05) is 25.1 Å². The van der Waals surface area contributed by atoms with E-state index < -0.39 is 0 Å². The first kappa shape index (κ1) is 12.9. The number of nitrogens with zero attached hydrogens (tertiary/aromatic N) is 2. The summed E-state index contributed by atoms with van der Waals surface area (Å²) < 4.78 is 0.970. The van der Waals surface area contributed by atoms with Crippen LogP contribution < -0.4 is 10.6 Å². The van der Waals surface area contributed by atoms with Gasteiger partial charge < -0.3 is 10.6 Å². The van der Waals surface area contributed by atoms with E-state index in [9.17, 15) is 0 Å². The van der Waals surface area contributed by atoms with Gasteiger partial charge >= 0.3 is 0 Å². The number of nitrogens with two attached hydrogens (primary N) is 1. The van der Waals surface area contributed by atoms with E-state index in [1.54, 1.807) is 0 Å². The minimum Gasteiger partial charge on any atom is -0.397 e. The summed E-state index contributed by atoms with van der Waals surface area (Å²) in [6, 6.07) is 8.07. The highest BCUT2D eigenvalue weighted by molar-refractivity contribution is 9.10. The third-order valence-corrected chi connectivity index (χ3v) is 2.92. The molecule has 4 heteroatoms. The second kappa shape index (κ2) is 5.76. The molecule has 1 atom stereocenters. The predicted octanol–water partition coefficient (Wildman–Crippen LogP) is 3.02. The minimum atomic E-state index is 0.00277. The summed E-state index contributed by atoms with van der Waals surface area (Å²) in [4.78, 5) is 2.12. The van der Waals surface area contributed by atoms with Crippen LogP contribution in [-0.4, -0.2) is 13.1 Å². The number of halogens is 1. The number of nitriles is 1. The highest BCUT2D eigenvalue weighted by atomic mass is 79.9. The Morgan fingerprint density at radius 2 is 2.25 bits per heavy atom. The molecular formula is C12H16BrN3. The van der Waals surface area contributed by atoms with Gasteiger partial charge in [0.15, 0.2) is 0 Å². The summed E-state index contributed by atoms with van der Waals surface area (Å²) in [6.45, 7) is 5.53. The second-order valence-electron chi connectivity index (χ2n) is 3.77. The van der Waals surface area contributed by atoms with Gasteiger partial charge in [0.1, 0.15) is 0 Å². The quantitative estimate of drug-likeness (QED) is 0.864. The first-order valence-electron chi connectivity index (χ1n) is 5.28. The van der Waals surface area contributed by atoms with E-state index in [0.29, 0.717) is 6.54 Å². The number of nitrogen functional groups attached to an aromatic ring is 1. The van der Waals surface area contributed by atoms with E-state index in [4.69, 9.17) is 11.0 Å². The van der Waals surface area contributed by atoms with Crippen LogP contribution in [0.4, 0.5) is 11.4 Å². The largest absolute Gasteiger partial charge is 0.397 e. The van der Waals surface area contributed by atoms with Crippen molar-refractivity contribution in [1.29, 1.82) is 5.26 Å². The molecule has 0 spiro atoms. The Morgan fingerprint density at radius 3 is 2.75 bits per heavy atom. The maximum absolute atomic E-state index is 8.82. The van der Waals surface area contributed by atoms with Crippen molar-refractivity contribution < 1.29 is 0 Å². The van der Waals surface area contributed by atoms with Crippen LogP contribution in [0.3, 0.4) is 0 Å². The summed E-state index contributed by atoms with van der Waals surface area (Å²) >= 11 is 3.38. The van der Waals surface area contributed by atoms with Gasteiger partial charge in [0.05, 0.1) is 23.4 Å². The number of anilines is 2. The number of benzene rings is 1. The van der Waals surface area contributed by atoms with Crippen molar-refractivity contribution in [3.05, 3.63) is 22.7 Å². The molecule has 86 valence electrons. The molecule has 0 aliphatic carbocycles. The van der Waals surface area contributed by atoms with Crippen LogP contribution in [0.2, 0.25) is 0 Å². The van der Waals surface area contributed by atoms with Crippen molar-refractivity contribution >= 4 is 27.3 Å². The fraction of sp³-hybridized carbons (Fsp3) is 0.417. The zero-order valence-electron chi connectivity index (χ0n) is 9.57. The standard InChI is InChI=1S/C12H16BrN3/c1-3-16(8-9(2)7-14)12-5-4-10(13)6-11(12)15/h4-6,9H,3,8,15H2,1-2H3. The van der Waals surface area contributed by atoms with E-state index in [2.05, 4.69) is 33.8 Å². The van der Waals surface area contributed by atoms with Crippen LogP contribution >= 0.6 is 15.9 Å². The van der Waals surface area contributed by atoms with Crippen LogP contribution in [0.25, 0.3) is 0 Å². The molecule has 16 heavy (non-hydrogen) atoms. The van der Waals surface area contributed by atoms with Gasteiger partial charge in [-0.3, -0.25) is 0 Å². The van der Waals surface area contributed by atoms with Crippen LogP contribution in [0.1, 0.15) is 13.8 Å². The molecule has 0 fully saturated rings. The molecule has 0 aliphatic rings. The summed E-state index contributed by atoms with van der Waals surface area (Å²) in [6.07, 6.45) is 0. The Hall–Kier alpha value is -1.21. The molecule has 0 heterocycles. The van der Waals surface area contributed by atoms with Crippen molar-refractivity contribution in [2.75, 3.05) is 23.7 Å². The van der Waals surface area contributed by atoms with Crippen LogP contribution in [0.5, 0.6) is 0 Å². The maximum Gasteiger partial charge on any atom is 0.0671 e. The Bertz CT molecular complexity index is 398. The molecule has 0 radical (unpaired) electrons. The van der Waals surface area contributed by atoms with E-state index in [0.717, 1.165) is 22.4 Å². The molecule has 0 amide bonds. The van der Waals surface area contributed by atoms with E-state index >= 15 is 0 Å². The van der Waals surface area contributed by atoms with Gasteiger partial charge in [0.25, 0.3) is 0 Å². The van der Waals surface area contributed by atoms with Crippen molar-refractivity contribution in [2.24, 2.45) is 5.92 Å². The molecule has 0 saturated heterocycles. The average molecular weight is 282 g/mol. The van der Waals surface area contributed by atoms with Gasteiger partial charge in [-0.2, -0.15) is 5.26 Å². The SMILES string of the molecule is CCN(CC(C)C#N)c1ccc(Br)cc1N. The van der Waals surface area contributed by atoms with Crippen LogP contribution in [-0.2, 0) is 0 Å². The Kier molecular flexibility index (Phi) is 4.63. The highest BCUT2D eigenvalue weighted by Gasteiger charge is 2.11. The number of rotatable bonds is 4. The first-order valence-corrected chi connectivity index (χ1v) is 6.07. The highest BCUT2D eigenvalue weighted by Crippen LogP contribution is 2.27. The molecule has 3 nitrogen and oxygen atoms in total. The molecule has 1 unspecified atom stereocenters. The monoisotopic (exact) mass is 281 g/mol. The molecule has 0 aromatic heterocycles. The molecule has 1 rings (SSSR count). The van der Waals surface area contributed by atoms with E-state index in [1.165, 1.54) is 0 Å². The van der Waals surface area contributed by atoms with Gasteiger partial charge in [0, 0.05) is 17.6 Å². The van der Waals surface area contributed by atoms with Crippen LogP contribution in [0.15, 0.2) is 22.7 Å². The van der Waals surface area contributed by atoms with Gasteiger partial charge in [-0.25, -0.2) is 0 Å². The fourth-order valence-electron chi connectivity index (χ4n) is 1.58. The van der Waals surface area contributed by atoms with Gasteiger partial charge in [0.2, 0.25) is 0 Å². The lowest BCUT2D eigenvalue weighted by atomic mass is 10.1. The normalized spacial score (nSPS) is 11.9. The Balaban J connectivity index is 2.91. The first-order chi connectivity index (χ1) is 7.58. The lowest BCUT2D eigenvalue weighted by Gasteiger charge is -2.25. The zero-order chi connectivity index (χ0) is 12.1. The summed E-state index contributed by atoms with van der Waals surface area (Å²) in [5.74, 6) is 0.00277. The summed E-state index contributed by atoms with van der Waals surface area (Å²) in [5.41, 5.74) is 7.69. The smallest absolute Gasteiger partial charge is 0.0671 e. The van der Waals surface area contributed by atoms with Crippen molar-refractivity contribution in [2.45, 2.75) is 13.8 Å². The van der Waals surface area contributed by atoms with Crippen molar-refractivity contribution in [3.8, 4) is 6.07 Å². The zero-order valence-corrected chi connectivity index (χ0v) is 11.2. The molecule has 1 aromatic carbocycles. The van der Waals surface area contributed by atoms with E-state index in [-0.39, 0.29) is 5.92 Å². The Morgan fingerprint density at radius 1 is 1.56 bits per heavy atom. The van der Waals surface area contributed by atoms with Gasteiger partial charge in [-0.1, -0.05) is 15.9 Å². The molecule has 0 bridgehead atoms. The minimum absolute atomic E-state index is 0.00277. The lowest BCUT2D eigenvalue weighted by Crippen LogP contribution is -2.28. The third kappa shape index (κ3) is 3.14. The molecule has 0 saturated carbocycles. The maximum atomic E-state index is 8.82. The number of hydrogen-bond acceptors (Lipinski definition) is 3. The summed E-state index contributed by atoms with van der Waals surface area (Å²) in [5, 5.41) is 8.82. The van der Waals surface area contributed by atoms with Gasteiger partial charge in [-0.05, 0) is 32.0 Å². The molecule has 2 N–H and O–H groups in total. The average Bonchev–Trinajstić information content (AvgIpc) is 2.26. The predicted molar refractivity (Wildman–Crippen MR) is 71.2 cm³/mol. The van der Waals surface area contributed by atoms with Crippen molar-refractivity contribution in [3.63, 3.8) is 0 Å². The second-order valence-corrected chi connectivity index (χ2v) is 4.69. The number of hydrogen-bond donors (Lipinski definition) is 1. The molecule has 0 aliphatic heterocycles. The van der Waals surface area contributed by atoms with Crippen molar-refractivity contribution in [1.82, 2.24) is 0 Å². The lowest BCUT2D eigenvalue weighted by molar-refractivity contribution is 0.687. The molecular weight excluding hydrogens is 266 g/mol. The van der Waals surface area contributed by atoms with Crippen LogP contribution in [0, 0.1) is 17.2 Å². The van der Waals surface area contributed by atoms with Gasteiger partial charge in [-0.15, -0.1) is 0 Å².